The van der Waals surface area contributed by atoms with Crippen LogP contribution in [0.3, 0.4) is 0 Å². The number of carbonyl (C=O) groups is 1. The molecular weight excluding hydrogens is 465 g/mol. The molecule has 0 aliphatic carbocycles. The van der Waals surface area contributed by atoms with E-state index in [-0.39, 0.29) is 17.3 Å². The number of rotatable bonds is 9. The topological polar surface area (TPSA) is 84.3 Å². The second kappa shape index (κ2) is 10.4. The number of anilines is 1. The quantitative estimate of drug-likeness (QED) is 0.277. The number of carboxylic acids is 1. The number of carboxylic acid groups (broad SMARTS) is 1. The maximum Gasteiger partial charge on any atom is 0.339 e. The Hall–Kier alpha value is -3.52. The van der Waals surface area contributed by atoms with Gasteiger partial charge in [-0.1, -0.05) is 19.9 Å². The number of ether oxygens (including phenoxy) is 1. The Balaban J connectivity index is 1.51. The van der Waals surface area contributed by atoms with Crippen LogP contribution >= 0.6 is 11.3 Å². The van der Waals surface area contributed by atoms with Gasteiger partial charge in [0.25, 0.3) is 0 Å². The molecule has 2 aromatic carbocycles. The van der Waals surface area contributed by atoms with Gasteiger partial charge in [-0.05, 0) is 67.0 Å². The molecule has 2 heterocycles. The normalized spacial score (nSPS) is 11.3. The smallest absolute Gasteiger partial charge is 0.339 e. The van der Waals surface area contributed by atoms with Crippen molar-refractivity contribution < 1.29 is 19.0 Å². The monoisotopic (exact) mass is 493 g/mol. The summed E-state index contributed by atoms with van der Waals surface area (Å²) in [5.74, 6) is -0.0139. The van der Waals surface area contributed by atoms with E-state index in [4.69, 9.17) is 4.74 Å². The summed E-state index contributed by atoms with van der Waals surface area (Å²) in [6, 6.07) is 9.97. The summed E-state index contributed by atoms with van der Waals surface area (Å²) >= 11 is 1.70. The van der Waals surface area contributed by atoms with E-state index in [2.05, 4.69) is 22.2 Å². The van der Waals surface area contributed by atoms with Gasteiger partial charge in [0.1, 0.15) is 29.3 Å². The first-order valence-electron chi connectivity index (χ1n) is 11.5. The number of aromatic nitrogens is 2. The second-order valence-electron chi connectivity index (χ2n) is 8.92. The number of nitrogens with zero attached hydrogens (tertiary/aromatic N) is 2. The molecule has 0 saturated carbocycles. The van der Waals surface area contributed by atoms with E-state index in [1.54, 1.807) is 35.6 Å². The van der Waals surface area contributed by atoms with Crippen molar-refractivity contribution in [3.8, 4) is 17.0 Å². The minimum Gasteiger partial charge on any atom is -0.492 e. The van der Waals surface area contributed by atoms with Gasteiger partial charge >= 0.3 is 5.97 Å². The van der Waals surface area contributed by atoms with E-state index in [1.807, 2.05) is 26.8 Å². The number of aryl methyl sites for hydroxylation is 2. The predicted octanol–water partition coefficient (Wildman–Crippen LogP) is 6.50. The zero-order valence-electron chi connectivity index (χ0n) is 20.2. The first kappa shape index (κ1) is 24.6. The summed E-state index contributed by atoms with van der Waals surface area (Å²) in [7, 11) is 0. The van der Waals surface area contributed by atoms with Crippen LogP contribution in [0.1, 0.15) is 40.2 Å². The van der Waals surface area contributed by atoms with Gasteiger partial charge in [-0.3, -0.25) is 0 Å². The molecule has 0 unspecified atom stereocenters. The molecule has 0 aliphatic heterocycles. The first-order chi connectivity index (χ1) is 16.7. The fourth-order valence-corrected chi connectivity index (χ4v) is 5.12. The molecule has 2 N–H and O–H groups in total. The van der Waals surface area contributed by atoms with E-state index >= 15 is 0 Å². The van der Waals surface area contributed by atoms with Gasteiger partial charge < -0.3 is 15.2 Å². The number of hydrogen-bond donors (Lipinski definition) is 2. The average Bonchev–Trinajstić information content (AvgIpc) is 3.13. The third-order valence-corrected chi connectivity index (χ3v) is 6.97. The molecule has 0 bridgehead atoms. The van der Waals surface area contributed by atoms with Crippen molar-refractivity contribution in [2.75, 3.05) is 18.5 Å². The number of fused-ring (bicyclic) bond motifs is 1. The van der Waals surface area contributed by atoms with Crippen LogP contribution in [-0.4, -0.2) is 34.2 Å². The summed E-state index contributed by atoms with van der Waals surface area (Å²) in [5.41, 5.74) is 3.62. The molecule has 4 aromatic rings. The van der Waals surface area contributed by atoms with Gasteiger partial charge in [0.05, 0.1) is 12.3 Å². The fourth-order valence-electron chi connectivity index (χ4n) is 3.97. The van der Waals surface area contributed by atoms with Crippen molar-refractivity contribution in [3.05, 3.63) is 70.1 Å². The average molecular weight is 494 g/mol. The summed E-state index contributed by atoms with van der Waals surface area (Å²) < 4.78 is 20.9. The zero-order valence-corrected chi connectivity index (χ0v) is 21.0. The molecule has 8 heteroatoms. The lowest BCUT2D eigenvalue weighted by Gasteiger charge is -2.13. The Kier molecular flexibility index (Phi) is 7.31. The molecule has 0 aliphatic rings. The predicted molar refractivity (Wildman–Crippen MR) is 138 cm³/mol. The van der Waals surface area contributed by atoms with E-state index in [0.717, 1.165) is 33.2 Å². The number of halogens is 1. The van der Waals surface area contributed by atoms with Crippen molar-refractivity contribution in [3.63, 3.8) is 0 Å². The number of benzene rings is 2. The molecule has 35 heavy (non-hydrogen) atoms. The molecular formula is C27H28FN3O3S. The molecule has 0 atom stereocenters. The molecule has 0 radical (unpaired) electrons. The van der Waals surface area contributed by atoms with Crippen LogP contribution in [0, 0.1) is 25.6 Å². The molecule has 0 fully saturated rings. The summed E-state index contributed by atoms with van der Waals surface area (Å²) in [5, 5.41) is 13.8. The minimum absolute atomic E-state index is 0.117. The number of thiophene rings is 1. The van der Waals surface area contributed by atoms with Crippen LogP contribution in [0.2, 0.25) is 0 Å². The zero-order chi connectivity index (χ0) is 25.1. The molecule has 0 saturated heterocycles. The third-order valence-electron chi connectivity index (χ3n) is 5.67. The van der Waals surface area contributed by atoms with E-state index in [0.29, 0.717) is 30.4 Å². The van der Waals surface area contributed by atoms with Gasteiger partial charge in [0, 0.05) is 27.8 Å². The molecule has 6 nitrogen and oxygen atoms in total. The maximum absolute atomic E-state index is 14.0. The molecule has 182 valence electrons. The second-order valence-corrected chi connectivity index (χ2v) is 10.1. The molecule has 0 amide bonds. The van der Waals surface area contributed by atoms with Crippen molar-refractivity contribution in [1.82, 2.24) is 9.97 Å². The highest BCUT2D eigenvalue weighted by atomic mass is 32.1. The highest BCUT2D eigenvalue weighted by Crippen LogP contribution is 2.34. The van der Waals surface area contributed by atoms with Crippen molar-refractivity contribution in [2.45, 2.75) is 34.1 Å². The lowest BCUT2D eigenvalue weighted by molar-refractivity contribution is 0.0691. The number of nitrogens with one attached hydrogen (secondary N) is 1. The van der Waals surface area contributed by atoms with E-state index < -0.39 is 5.97 Å². The summed E-state index contributed by atoms with van der Waals surface area (Å²) in [6.45, 7) is 9.06. The molecule has 0 spiro atoms. The van der Waals surface area contributed by atoms with Crippen molar-refractivity contribution in [1.29, 1.82) is 0 Å². The third kappa shape index (κ3) is 5.59. The highest BCUT2D eigenvalue weighted by molar-refractivity contribution is 7.19. The van der Waals surface area contributed by atoms with Gasteiger partial charge in [0.15, 0.2) is 0 Å². The van der Waals surface area contributed by atoms with Crippen LogP contribution in [0.15, 0.2) is 42.7 Å². The highest BCUT2D eigenvalue weighted by Gasteiger charge is 2.15. The van der Waals surface area contributed by atoms with Crippen LogP contribution < -0.4 is 10.1 Å². The Morgan fingerprint density at radius 2 is 1.97 bits per heavy atom. The van der Waals surface area contributed by atoms with Gasteiger partial charge in [-0.2, -0.15) is 0 Å². The number of aromatic carboxylic acids is 1. The molecule has 4 rings (SSSR count). The molecule has 2 aromatic heterocycles. The van der Waals surface area contributed by atoms with Crippen LogP contribution in [0.25, 0.3) is 21.3 Å². The Morgan fingerprint density at radius 1 is 1.17 bits per heavy atom. The number of hydrogen-bond acceptors (Lipinski definition) is 6. The van der Waals surface area contributed by atoms with E-state index in [1.165, 1.54) is 17.3 Å². The van der Waals surface area contributed by atoms with Crippen molar-refractivity contribution in [2.24, 2.45) is 5.92 Å². The van der Waals surface area contributed by atoms with Crippen LogP contribution in [0.4, 0.5) is 10.2 Å². The largest absolute Gasteiger partial charge is 0.492 e. The summed E-state index contributed by atoms with van der Waals surface area (Å²) in [4.78, 5) is 21.5. The SMILES string of the molecule is Cc1sc2c(C)cc(F)cc2c1CCNc1cc(-c2ccc(C(=O)O)c(OCC(C)C)c2)ncn1. The maximum atomic E-state index is 14.0. The van der Waals surface area contributed by atoms with E-state index in [9.17, 15) is 14.3 Å². The standard InChI is InChI=1S/C27H28FN3O3S/c1-15(2)13-34-24-10-18(5-6-21(24)27(32)33)23-12-25(31-14-30-23)29-8-7-20-17(4)35-26-16(3)9-19(28)11-22(20)26/h5-6,9-12,14-15H,7-8,13H2,1-4H3,(H,32,33)(H,29,30,31). The fraction of sp³-hybridized carbons (Fsp3) is 0.296. The lowest BCUT2D eigenvalue weighted by Crippen LogP contribution is -2.09. The minimum atomic E-state index is -1.04. The Bertz CT molecular complexity index is 1380. The van der Waals surface area contributed by atoms with Gasteiger partial charge in [-0.25, -0.2) is 19.2 Å². The van der Waals surface area contributed by atoms with Crippen LogP contribution in [-0.2, 0) is 6.42 Å². The lowest BCUT2D eigenvalue weighted by atomic mass is 10.1. The Morgan fingerprint density at radius 3 is 2.71 bits per heavy atom. The van der Waals surface area contributed by atoms with Gasteiger partial charge in [0.2, 0.25) is 0 Å². The first-order valence-corrected chi connectivity index (χ1v) is 12.3. The van der Waals surface area contributed by atoms with Gasteiger partial charge in [-0.15, -0.1) is 11.3 Å². The van der Waals surface area contributed by atoms with Crippen molar-refractivity contribution >= 4 is 33.2 Å². The summed E-state index contributed by atoms with van der Waals surface area (Å²) in [6.07, 6.45) is 2.20. The Labute approximate surface area is 207 Å². The van der Waals surface area contributed by atoms with Crippen LogP contribution in [0.5, 0.6) is 5.75 Å².